The first-order chi connectivity index (χ1) is 9.86. The molecule has 0 heterocycles. The summed E-state index contributed by atoms with van der Waals surface area (Å²) in [6.45, 7) is 4.81. The largest absolute Gasteiger partial charge is 0.452 e. The van der Waals surface area contributed by atoms with Gasteiger partial charge >= 0.3 is 5.97 Å². The molecule has 0 bridgehead atoms. The number of rotatable bonds is 6. The van der Waals surface area contributed by atoms with E-state index in [2.05, 4.69) is 5.32 Å². The molecule has 0 saturated carbocycles. The number of hydrogen-bond acceptors (Lipinski definition) is 5. The topological polar surface area (TPSA) is 98.5 Å². The van der Waals surface area contributed by atoms with Gasteiger partial charge in [-0.25, -0.2) is 4.79 Å². The molecule has 0 aromatic heterocycles. The number of ether oxygens (including phenoxy) is 1. The first-order valence-corrected chi connectivity index (χ1v) is 6.57. The third kappa shape index (κ3) is 4.55. The van der Waals surface area contributed by atoms with Crippen LogP contribution < -0.4 is 5.32 Å². The van der Waals surface area contributed by atoms with Crippen LogP contribution >= 0.6 is 0 Å². The second-order valence-electron chi connectivity index (χ2n) is 4.66. The number of carbonyl (C=O) groups is 2. The molecule has 0 saturated heterocycles. The number of esters is 1. The van der Waals surface area contributed by atoms with Crippen molar-refractivity contribution in [1.29, 1.82) is 0 Å². The maximum atomic E-state index is 11.9. The Morgan fingerprint density at radius 3 is 2.67 bits per heavy atom. The normalized spacial score (nSPS) is 11.6. The van der Waals surface area contributed by atoms with Gasteiger partial charge in [0.25, 0.3) is 11.6 Å². The van der Waals surface area contributed by atoms with Crippen molar-refractivity contribution in [2.24, 2.45) is 0 Å². The van der Waals surface area contributed by atoms with Crippen molar-refractivity contribution in [1.82, 2.24) is 5.32 Å². The standard InChI is InChI=1S/C14H18N2O5/c1-4-9(2)15-13(17)8-21-14(18)11-6-5-7-12(10(11)3)16(19)20/h5-7,9H,4,8H2,1-3H3,(H,15,17). The Balaban J connectivity index is 2.71. The fourth-order valence-corrected chi connectivity index (χ4v) is 1.67. The number of hydrogen-bond donors (Lipinski definition) is 1. The minimum absolute atomic E-state index is 0.00393. The zero-order valence-electron chi connectivity index (χ0n) is 12.2. The quantitative estimate of drug-likeness (QED) is 0.491. The molecule has 0 aliphatic heterocycles. The molecule has 1 aromatic rings. The van der Waals surface area contributed by atoms with Crippen LogP contribution in [0, 0.1) is 17.0 Å². The van der Waals surface area contributed by atoms with Crippen molar-refractivity contribution < 1.29 is 19.2 Å². The number of benzene rings is 1. The van der Waals surface area contributed by atoms with Gasteiger partial charge in [0.2, 0.25) is 0 Å². The fourth-order valence-electron chi connectivity index (χ4n) is 1.67. The Morgan fingerprint density at radius 2 is 2.10 bits per heavy atom. The average Bonchev–Trinajstić information content (AvgIpc) is 2.44. The van der Waals surface area contributed by atoms with Gasteiger partial charge in [-0.05, 0) is 26.3 Å². The highest BCUT2D eigenvalue weighted by Gasteiger charge is 2.19. The third-order valence-corrected chi connectivity index (χ3v) is 3.08. The van der Waals surface area contributed by atoms with Crippen LogP contribution in [-0.4, -0.2) is 29.4 Å². The van der Waals surface area contributed by atoms with Crippen molar-refractivity contribution in [2.75, 3.05) is 6.61 Å². The van der Waals surface area contributed by atoms with Crippen molar-refractivity contribution >= 4 is 17.6 Å². The van der Waals surface area contributed by atoms with Gasteiger partial charge in [0, 0.05) is 17.7 Å². The van der Waals surface area contributed by atoms with E-state index in [-0.39, 0.29) is 22.9 Å². The van der Waals surface area contributed by atoms with Crippen LogP contribution in [0.2, 0.25) is 0 Å². The highest BCUT2D eigenvalue weighted by atomic mass is 16.6. The molecule has 1 rings (SSSR count). The maximum absolute atomic E-state index is 11.9. The molecule has 1 unspecified atom stereocenters. The van der Waals surface area contributed by atoms with E-state index in [1.54, 1.807) is 0 Å². The lowest BCUT2D eigenvalue weighted by atomic mass is 10.1. The average molecular weight is 294 g/mol. The molecule has 0 spiro atoms. The van der Waals surface area contributed by atoms with E-state index >= 15 is 0 Å². The highest BCUT2D eigenvalue weighted by Crippen LogP contribution is 2.21. The smallest absolute Gasteiger partial charge is 0.339 e. The van der Waals surface area contributed by atoms with E-state index < -0.39 is 23.4 Å². The van der Waals surface area contributed by atoms with Gasteiger partial charge < -0.3 is 10.1 Å². The van der Waals surface area contributed by atoms with Crippen LogP contribution in [0.1, 0.15) is 36.2 Å². The Morgan fingerprint density at radius 1 is 1.43 bits per heavy atom. The lowest BCUT2D eigenvalue weighted by Gasteiger charge is -2.12. The summed E-state index contributed by atoms with van der Waals surface area (Å²) in [6.07, 6.45) is 0.768. The maximum Gasteiger partial charge on any atom is 0.339 e. The van der Waals surface area contributed by atoms with E-state index in [0.717, 1.165) is 6.42 Å². The fraction of sp³-hybridized carbons (Fsp3) is 0.429. The Labute approximate surface area is 122 Å². The van der Waals surface area contributed by atoms with E-state index in [1.807, 2.05) is 13.8 Å². The molecular formula is C14H18N2O5. The first-order valence-electron chi connectivity index (χ1n) is 6.57. The molecule has 0 aliphatic carbocycles. The highest BCUT2D eigenvalue weighted by molar-refractivity contribution is 5.93. The minimum atomic E-state index is -0.754. The number of nitrogens with one attached hydrogen (secondary N) is 1. The van der Waals surface area contributed by atoms with Crippen molar-refractivity contribution in [3.8, 4) is 0 Å². The van der Waals surface area contributed by atoms with E-state index in [9.17, 15) is 19.7 Å². The second-order valence-corrected chi connectivity index (χ2v) is 4.66. The van der Waals surface area contributed by atoms with Gasteiger partial charge in [-0.15, -0.1) is 0 Å². The van der Waals surface area contributed by atoms with Gasteiger partial charge in [-0.2, -0.15) is 0 Å². The number of nitro benzene ring substituents is 1. The SMILES string of the molecule is CCC(C)NC(=O)COC(=O)c1cccc([N+](=O)[O-])c1C. The molecule has 1 atom stereocenters. The summed E-state index contributed by atoms with van der Waals surface area (Å²) in [5.41, 5.74) is 0.142. The van der Waals surface area contributed by atoms with Crippen LogP contribution in [0.4, 0.5) is 5.69 Å². The molecule has 7 nitrogen and oxygen atoms in total. The monoisotopic (exact) mass is 294 g/mol. The summed E-state index contributed by atoms with van der Waals surface area (Å²) in [5, 5.41) is 13.5. The minimum Gasteiger partial charge on any atom is -0.452 e. The molecule has 1 aromatic carbocycles. The number of nitro groups is 1. The molecule has 0 radical (unpaired) electrons. The Kier molecular flexibility index (Phi) is 5.83. The summed E-state index contributed by atoms with van der Waals surface area (Å²) < 4.78 is 4.88. The van der Waals surface area contributed by atoms with Gasteiger partial charge in [-0.3, -0.25) is 14.9 Å². The molecule has 21 heavy (non-hydrogen) atoms. The summed E-state index contributed by atoms with van der Waals surface area (Å²) in [4.78, 5) is 33.6. The number of carbonyl (C=O) groups excluding carboxylic acids is 2. The predicted octanol–water partition coefficient (Wildman–Crippen LogP) is 1.97. The van der Waals surface area contributed by atoms with E-state index in [4.69, 9.17) is 4.74 Å². The van der Waals surface area contributed by atoms with Crippen molar-refractivity contribution in [3.63, 3.8) is 0 Å². The zero-order chi connectivity index (χ0) is 16.0. The van der Waals surface area contributed by atoms with E-state index in [0.29, 0.717) is 0 Å². The van der Waals surface area contributed by atoms with Gasteiger partial charge in [0.15, 0.2) is 6.61 Å². The van der Waals surface area contributed by atoms with Gasteiger partial charge in [0.1, 0.15) is 0 Å². The molecule has 7 heteroatoms. The molecule has 0 aliphatic rings. The predicted molar refractivity (Wildman–Crippen MR) is 76.0 cm³/mol. The van der Waals surface area contributed by atoms with Crippen LogP contribution in [-0.2, 0) is 9.53 Å². The van der Waals surface area contributed by atoms with Crippen LogP contribution in [0.25, 0.3) is 0 Å². The van der Waals surface area contributed by atoms with Crippen LogP contribution in [0.5, 0.6) is 0 Å². The summed E-state index contributed by atoms with van der Waals surface area (Å²) in [6, 6.07) is 4.13. The molecule has 0 fully saturated rings. The molecule has 114 valence electrons. The van der Waals surface area contributed by atoms with Gasteiger partial charge in [0.05, 0.1) is 10.5 Å². The lowest BCUT2D eigenvalue weighted by Crippen LogP contribution is -2.35. The Hall–Kier alpha value is -2.44. The summed E-state index contributed by atoms with van der Waals surface area (Å²) in [7, 11) is 0. The van der Waals surface area contributed by atoms with Crippen molar-refractivity contribution in [2.45, 2.75) is 33.2 Å². The van der Waals surface area contributed by atoms with Crippen LogP contribution in [0.3, 0.4) is 0 Å². The molecular weight excluding hydrogens is 276 g/mol. The number of nitrogens with zero attached hydrogens (tertiary/aromatic N) is 1. The lowest BCUT2D eigenvalue weighted by molar-refractivity contribution is -0.385. The summed E-state index contributed by atoms with van der Waals surface area (Å²) in [5.74, 6) is -1.16. The van der Waals surface area contributed by atoms with Crippen LogP contribution in [0.15, 0.2) is 18.2 Å². The summed E-state index contributed by atoms with van der Waals surface area (Å²) >= 11 is 0. The van der Waals surface area contributed by atoms with Crippen molar-refractivity contribution in [3.05, 3.63) is 39.4 Å². The second kappa shape index (κ2) is 7.37. The third-order valence-electron chi connectivity index (χ3n) is 3.08. The first kappa shape index (κ1) is 16.6. The number of amides is 1. The molecule has 1 amide bonds. The van der Waals surface area contributed by atoms with E-state index in [1.165, 1.54) is 25.1 Å². The van der Waals surface area contributed by atoms with Gasteiger partial charge in [-0.1, -0.05) is 13.0 Å². The zero-order valence-corrected chi connectivity index (χ0v) is 12.2. The Bertz CT molecular complexity index is 556. The molecule has 1 N–H and O–H groups in total.